The fourth-order valence-electron chi connectivity index (χ4n) is 1.70. The lowest BCUT2D eigenvalue weighted by Crippen LogP contribution is -2.05. The molecule has 0 spiro atoms. The van der Waals surface area contributed by atoms with E-state index in [-0.39, 0.29) is 21.7 Å². The van der Waals surface area contributed by atoms with Gasteiger partial charge in [0.2, 0.25) is 0 Å². The molecule has 2 aromatic heterocycles. The molecule has 0 fully saturated rings. The molecule has 2 rings (SSSR count). The second kappa shape index (κ2) is 4.73. The molecule has 9 heteroatoms. The van der Waals surface area contributed by atoms with Crippen molar-refractivity contribution in [3.05, 3.63) is 28.3 Å². The van der Waals surface area contributed by atoms with Gasteiger partial charge in [0, 0.05) is 22.1 Å². The monoisotopic (exact) mass is 320 g/mol. The predicted octanol–water partition coefficient (Wildman–Crippen LogP) is 2.17. The summed E-state index contributed by atoms with van der Waals surface area (Å²) in [6.07, 6.45) is 0. The SMILES string of the molecule is Cc1cc(C)nc(-n2nc(C)c(S(=O)(=O)Cl)c2Cl)n1. The van der Waals surface area contributed by atoms with E-state index in [9.17, 15) is 8.42 Å². The van der Waals surface area contributed by atoms with E-state index in [1.807, 2.05) is 0 Å². The summed E-state index contributed by atoms with van der Waals surface area (Å²) >= 11 is 6.01. The van der Waals surface area contributed by atoms with Gasteiger partial charge < -0.3 is 0 Å². The van der Waals surface area contributed by atoms with Crippen LogP contribution >= 0.6 is 22.3 Å². The van der Waals surface area contributed by atoms with Gasteiger partial charge in [-0.15, -0.1) is 0 Å². The van der Waals surface area contributed by atoms with Crippen LogP contribution in [0.1, 0.15) is 17.1 Å². The van der Waals surface area contributed by atoms with E-state index in [4.69, 9.17) is 22.3 Å². The third-order valence-corrected chi connectivity index (χ3v) is 4.26. The van der Waals surface area contributed by atoms with E-state index in [2.05, 4.69) is 15.1 Å². The highest BCUT2D eigenvalue weighted by Gasteiger charge is 2.25. The van der Waals surface area contributed by atoms with Gasteiger partial charge in [0.1, 0.15) is 4.90 Å². The summed E-state index contributed by atoms with van der Waals surface area (Å²) in [4.78, 5) is 8.11. The maximum atomic E-state index is 11.4. The van der Waals surface area contributed by atoms with Crippen molar-refractivity contribution in [1.82, 2.24) is 19.7 Å². The topological polar surface area (TPSA) is 77.7 Å². The summed E-state index contributed by atoms with van der Waals surface area (Å²) in [6.45, 7) is 5.09. The molecule has 6 nitrogen and oxygen atoms in total. The summed E-state index contributed by atoms with van der Waals surface area (Å²) in [5, 5.41) is 3.90. The molecule has 0 amide bonds. The Balaban J connectivity index is 2.72. The Bertz CT molecular complexity index is 735. The molecule has 0 aliphatic heterocycles. The van der Waals surface area contributed by atoms with Gasteiger partial charge in [-0.3, -0.25) is 0 Å². The molecule has 19 heavy (non-hydrogen) atoms. The Hall–Kier alpha value is -1.18. The van der Waals surface area contributed by atoms with Crippen molar-refractivity contribution in [1.29, 1.82) is 0 Å². The van der Waals surface area contributed by atoms with E-state index in [0.29, 0.717) is 0 Å². The minimum absolute atomic E-state index is 0.127. The second-order valence-electron chi connectivity index (χ2n) is 4.01. The quantitative estimate of drug-likeness (QED) is 0.792. The van der Waals surface area contributed by atoms with Gasteiger partial charge in [-0.1, -0.05) is 11.6 Å². The van der Waals surface area contributed by atoms with Crippen LogP contribution in [0.25, 0.3) is 5.95 Å². The summed E-state index contributed by atoms with van der Waals surface area (Å²) in [6, 6.07) is 1.78. The van der Waals surface area contributed by atoms with Gasteiger partial charge in [0.05, 0.1) is 5.69 Å². The van der Waals surface area contributed by atoms with Gasteiger partial charge in [-0.25, -0.2) is 18.4 Å². The summed E-state index contributed by atoms with van der Waals surface area (Å²) in [5.74, 6) is 0.206. The average molecular weight is 321 g/mol. The lowest BCUT2D eigenvalue weighted by atomic mass is 10.4. The molecule has 2 aromatic rings. The van der Waals surface area contributed by atoms with E-state index < -0.39 is 9.05 Å². The maximum absolute atomic E-state index is 11.4. The number of nitrogens with zero attached hydrogens (tertiary/aromatic N) is 4. The Morgan fingerprint density at radius 1 is 1.16 bits per heavy atom. The van der Waals surface area contributed by atoms with Gasteiger partial charge in [-0.05, 0) is 26.8 Å². The Morgan fingerprint density at radius 3 is 2.11 bits per heavy atom. The first-order valence-electron chi connectivity index (χ1n) is 5.22. The van der Waals surface area contributed by atoms with Crippen molar-refractivity contribution >= 4 is 31.3 Å². The summed E-state index contributed by atoms with van der Waals surface area (Å²) in [5.41, 5.74) is 1.65. The Morgan fingerprint density at radius 2 is 1.68 bits per heavy atom. The van der Waals surface area contributed by atoms with E-state index in [0.717, 1.165) is 16.1 Å². The first-order chi connectivity index (χ1) is 8.70. The number of aryl methyl sites for hydroxylation is 3. The molecule has 0 unspecified atom stereocenters. The smallest absolute Gasteiger partial charge is 0.216 e. The first kappa shape index (κ1) is 14.2. The van der Waals surface area contributed by atoms with Crippen LogP contribution < -0.4 is 0 Å². The van der Waals surface area contributed by atoms with E-state index in [1.165, 1.54) is 6.92 Å². The van der Waals surface area contributed by atoms with E-state index >= 15 is 0 Å². The molecule has 0 radical (unpaired) electrons. The zero-order valence-corrected chi connectivity index (χ0v) is 12.7. The van der Waals surface area contributed by atoms with Crippen molar-refractivity contribution in [2.75, 3.05) is 0 Å². The van der Waals surface area contributed by atoms with Gasteiger partial charge >= 0.3 is 0 Å². The highest BCUT2D eigenvalue weighted by atomic mass is 35.7. The molecule has 0 aromatic carbocycles. The third kappa shape index (κ3) is 2.72. The molecule has 0 aliphatic rings. The predicted molar refractivity (Wildman–Crippen MR) is 71.4 cm³/mol. The number of rotatable bonds is 2. The molecule has 0 saturated heterocycles. The highest BCUT2D eigenvalue weighted by molar-refractivity contribution is 8.13. The van der Waals surface area contributed by atoms with Gasteiger partial charge in [0.25, 0.3) is 15.0 Å². The molecule has 102 valence electrons. The largest absolute Gasteiger partial charge is 0.266 e. The minimum atomic E-state index is -3.97. The third-order valence-electron chi connectivity index (χ3n) is 2.36. The lowest BCUT2D eigenvalue weighted by Gasteiger charge is -2.03. The molecular formula is C10H10Cl2N4O2S. The number of halogens is 2. The number of aromatic nitrogens is 4. The zero-order valence-electron chi connectivity index (χ0n) is 10.3. The average Bonchev–Trinajstić information content (AvgIpc) is 2.51. The molecule has 0 N–H and O–H groups in total. The van der Waals surface area contributed by atoms with Gasteiger partial charge in [0.15, 0.2) is 5.15 Å². The lowest BCUT2D eigenvalue weighted by molar-refractivity contribution is 0.609. The van der Waals surface area contributed by atoms with Crippen LogP contribution in [0.15, 0.2) is 11.0 Å². The van der Waals surface area contributed by atoms with Crippen molar-refractivity contribution in [2.24, 2.45) is 0 Å². The van der Waals surface area contributed by atoms with Crippen LogP contribution in [-0.2, 0) is 9.05 Å². The Kier molecular flexibility index (Phi) is 3.55. The molecule has 0 atom stereocenters. The van der Waals surface area contributed by atoms with Crippen molar-refractivity contribution in [3.8, 4) is 5.95 Å². The fourth-order valence-corrected chi connectivity index (χ4v) is 3.61. The van der Waals surface area contributed by atoms with E-state index in [1.54, 1.807) is 19.9 Å². The van der Waals surface area contributed by atoms with Crippen LogP contribution in [0, 0.1) is 20.8 Å². The molecule has 0 bridgehead atoms. The van der Waals surface area contributed by atoms with Crippen LogP contribution in [0.2, 0.25) is 5.15 Å². The van der Waals surface area contributed by atoms with Crippen LogP contribution in [0.4, 0.5) is 0 Å². The van der Waals surface area contributed by atoms with Crippen LogP contribution in [-0.4, -0.2) is 28.2 Å². The standard InChI is InChI=1S/C10H10Cl2N4O2S/c1-5-4-6(2)14-10(13-5)16-9(11)8(7(3)15-16)19(12,17)18/h4H,1-3H3. The summed E-state index contributed by atoms with van der Waals surface area (Å²) in [7, 11) is 1.36. The molecule has 2 heterocycles. The highest BCUT2D eigenvalue weighted by Crippen LogP contribution is 2.29. The number of hydrogen-bond donors (Lipinski definition) is 0. The maximum Gasteiger partial charge on any atom is 0.266 e. The van der Waals surface area contributed by atoms with Crippen molar-refractivity contribution < 1.29 is 8.42 Å². The van der Waals surface area contributed by atoms with Crippen LogP contribution in [0.3, 0.4) is 0 Å². The van der Waals surface area contributed by atoms with Gasteiger partial charge in [-0.2, -0.15) is 9.78 Å². The summed E-state index contributed by atoms with van der Waals surface area (Å²) < 4.78 is 24.0. The minimum Gasteiger partial charge on any atom is -0.216 e. The fraction of sp³-hybridized carbons (Fsp3) is 0.300. The molecule has 0 aliphatic carbocycles. The van der Waals surface area contributed by atoms with Crippen molar-refractivity contribution in [2.45, 2.75) is 25.7 Å². The zero-order chi connectivity index (χ0) is 14.4. The number of hydrogen-bond acceptors (Lipinski definition) is 5. The Labute approximate surface area is 119 Å². The second-order valence-corrected chi connectivity index (χ2v) is 6.87. The molecular weight excluding hydrogens is 311 g/mol. The first-order valence-corrected chi connectivity index (χ1v) is 7.91. The molecule has 0 saturated carbocycles. The van der Waals surface area contributed by atoms with Crippen molar-refractivity contribution in [3.63, 3.8) is 0 Å². The van der Waals surface area contributed by atoms with Crippen LogP contribution in [0.5, 0.6) is 0 Å². The normalized spacial score (nSPS) is 11.8.